The second-order valence-electron chi connectivity index (χ2n) is 4.69. The zero-order valence-corrected chi connectivity index (χ0v) is 9.94. The maximum Gasteiger partial charge on any atom is 0.108 e. The van der Waals surface area contributed by atoms with Crippen molar-refractivity contribution in [3.8, 4) is 12.1 Å². The standard InChI is InChI=1S/C16H10N2/c1-16(10-18)7-6-13-12-5-3-2-4-11(12)8-14(13)15(16)9-17/h2-8H,1H3. The molecule has 0 saturated heterocycles. The number of fused-ring (bicyclic) bond motifs is 2. The van der Waals surface area contributed by atoms with Gasteiger partial charge in [-0.15, -0.1) is 0 Å². The van der Waals surface area contributed by atoms with Crippen LogP contribution in [-0.2, 0) is 0 Å². The highest BCUT2D eigenvalue weighted by atomic mass is 14.4. The van der Waals surface area contributed by atoms with E-state index in [9.17, 15) is 10.5 Å². The van der Waals surface area contributed by atoms with Gasteiger partial charge >= 0.3 is 0 Å². The van der Waals surface area contributed by atoms with Crippen LogP contribution in [0.2, 0.25) is 0 Å². The Morgan fingerprint density at radius 3 is 2.61 bits per heavy atom. The summed E-state index contributed by atoms with van der Waals surface area (Å²) in [5.41, 5.74) is 1.67. The third-order valence-corrected chi connectivity index (χ3v) is 3.56. The highest BCUT2D eigenvalue weighted by Gasteiger charge is 2.33. The summed E-state index contributed by atoms with van der Waals surface area (Å²) in [6.07, 6.45) is 5.78. The smallest absolute Gasteiger partial charge is 0.108 e. The molecule has 0 fully saturated rings. The second kappa shape index (κ2) is 3.45. The molecular weight excluding hydrogens is 220 g/mol. The molecule has 18 heavy (non-hydrogen) atoms. The van der Waals surface area contributed by atoms with Crippen LogP contribution in [0.25, 0.3) is 11.6 Å². The van der Waals surface area contributed by atoms with Crippen molar-refractivity contribution >= 4 is 11.6 Å². The van der Waals surface area contributed by atoms with Crippen molar-refractivity contribution in [1.82, 2.24) is 0 Å². The predicted octanol–water partition coefficient (Wildman–Crippen LogP) is 1.55. The molecule has 2 aliphatic rings. The normalized spacial score (nSPS) is 23.8. The molecule has 0 spiro atoms. The molecule has 1 aromatic rings. The summed E-state index contributed by atoms with van der Waals surface area (Å²) in [5.74, 6) is 0. The first-order valence-corrected chi connectivity index (χ1v) is 5.76. The Morgan fingerprint density at radius 2 is 1.89 bits per heavy atom. The molecule has 0 bridgehead atoms. The molecule has 1 aromatic carbocycles. The van der Waals surface area contributed by atoms with Gasteiger partial charge in [0.2, 0.25) is 0 Å². The zero-order chi connectivity index (χ0) is 12.8. The molecule has 1 atom stereocenters. The van der Waals surface area contributed by atoms with Gasteiger partial charge in [0, 0.05) is 0 Å². The minimum Gasteiger partial charge on any atom is -0.197 e. The van der Waals surface area contributed by atoms with E-state index in [0.29, 0.717) is 5.57 Å². The van der Waals surface area contributed by atoms with Crippen LogP contribution in [-0.4, -0.2) is 0 Å². The van der Waals surface area contributed by atoms with Crippen LogP contribution in [0.4, 0.5) is 0 Å². The fourth-order valence-electron chi connectivity index (χ4n) is 2.52. The molecule has 2 heteroatoms. The van der Waals surface area contributed by atoms with Crippen LogP contribution in [0, 0.1) is 28.1 Å². The first-order chi connectivity index (χ1) is 8.69. The Hall–Kier alpha value is -2.58. The van der Waals surface area contributed by atoms with E-state index < -0.39 is 5.41 Å². The van der Waals surface area contributed by atoms with E-state index in [1.165, 1.54) is 0 Å². The largest absolute Gasteiger partial charge is 0.197 e. The average molecular weight is 230 g/mol. The van der Waals surface area contributed by atoms with Crippen molar-refractivity contribution in [3.63, 3.8) is 0 Å². The first kappa shape index (κ1) is 10.6. The Bertz CT molecular complexity index is 810. The van der Waals surface area contributed by atoms with Gasteiger partial charge < -0.3 is 0 Å². The molecule has 0 N–H and O–H groups in total. The van der Waals surface area contributed by atoms with Crippen LogP contribution < -0.4 is 10.4 Å². The lowest BCUT2D eigenvalue weighted by atomic mass is 9.76. The molecule has 3 rings (SSSR count). The lowest BCUT2D eigenvalue weighted by Gasteiger charge is -2.22. The maximum atomic E-state index is 9.36. The summed E-state index contributed by atoms with van der Waals surface area (Å²) in [4.78, 5) is 0. The lowest BCUT2D eigenvalue weighted by Crippen LogP contribution is -2.22. The maximum absolute atomic E-state index is 9.36. The van der Waals surface area contributed by atoms with Gasteiger partial charge in [-0.05, 0) is 34.6 Å². The van der Waals surface area contributed by atoms with E-state index in [4.69, 9.17) is 0 Å². The molecule has 0 aromatic heterocycles. The molecule has 2 nitrogen and oxygen atoms in total. The zero-order valence-electron chi connectivity index (χ0n) is 9.94. The molecule has 0 saturated carbocycles. The number of nitrogens with zero attached hydrogens (tertiary/aromatic N) is 2. The lowest BCUT2D eigenvalue weighted by molar-refractivity contribution is 0.696. The number of rotatable bonds is 0. The Kier molecular flexibility index (Phi) is 2.03. The van der Waals surface area contributed by atoms with Crippen LogP contribution in [0.1, 0.15) is 6.92 Å². The van der Waals surface area contributed by atoms with Gasteiger partial charge in [-0.25, -0.2) is 0 Å². The van der Waals surface area contributed by atoms with Crippen molar-refractivity contribution in [2.75, 3.05) is 0 Å². The quantitative estimate of drug-likeness (QED) is 0.679. The summed E-state index contributed by atoms with van der Waals surface area (Å²) in [7, 11) is 0. The van der Waals surface area contributed by atoms with Crippen molar-refractivity contribution in [1.29, 1.82) is 10.5 Å². The van der Waals surface area contributed by atoms with Crippen LogP contribution in [0.5, 0.6) is 0 Å². The van der Waals surface area contributed by atoms with Crippen LogP contribution in [0.15, 0.2) is 47.6 Å². The van der Waals surface area contributed by atoms with Crippen LogP contribution >= 0.6 is 0 Å². The molecule has 0 aliphatic heterocycles. The van der Waals surface area contributed by atoms with Gasteiger partial charge in [0.05, 0.1) is 17.7 Å². The minimum absolute atomic E-state index is 0.540. The van der Waals surface area contributed by atoms with E-state index in [1.807, 2.05) is 42.5 Å². The van der Waals surface area contributed by atoms with Gasteiger partial charge in [0.25, 0.3) is 0 Å². The number of hydrogen-bond acceptors (Lipinski definition) is 2. The predicted molar refractivity (Wildman–Crippen MR) is 69.1 cm³/mol. The molecule has 1 unspecified atom stereocenters. The van der Waals surface area contributed by atoms with Crippen molar-refractivity contribution < 1.29 is 0 Å². The van der Waals surface area contributed by atoms with Gasteiger partial charge in [-0.3, -0.25) is 0 Å². The van der Waals surface area contributed by atoms with Crippen molar-refractivity contribution in [3.05, 3.63) is 58.0 Å². The fraction of sp³-hybridized carbons (Fsp3) is 0.125. The van der Waals surface area contributed by atoms with Gasteiger partial charge in [-0.1, -0.05) is 36.4 Å². The number of benzene rings is 1. The Balaban J connectivity index is 2.44. The number of allylic oxidation sites excluding steroid dienone is 4. The summed E-state index contributed by atoms with van der Waals surface area (Å²) in [6, 6.07) is 12.5. The minimum atomic E-state index is -0.813. The third kappa shape index (κ3) is 1.21. The number of hydrogen-bond donors (Lipinski definition) is 0. The summed E-state index contributed by atoms with van der Waals surface area (Å²) >= 11 is 0. The molecule has 84 valence electrons. The summed E-state index contributed by atoms with van der Waals surface area (Å²) in [6.45, 7) is 1.78. The Morgan fingerprint density at radius 1 is 1.11 bits per heavy atom. The van der Waals surface area contributed by atoms with E-state index in [-0.39, 0.29) is 0 Å². The molecular formula is C16H10N2. The second-order valence-corrected chi connectivity index (χ2v) is 4.69. The third-order valence-electron chi connectivity index (χ3n) is 3.56. The fourth-order valence-corrected chi connectivity index (χ4v) is 2.52. The van der Waals surface area contributed by atoms with E-state index in [1.54, 1.807) is 6.92 Å². The molecule has 0 radical (unpaired) electrons. The topological polar surface area (TPSA) is 47.6 Å². The first-order valence-electron chi connectivity index (χ1n) is 5.76. The van der Waals surface area contributed by atoms with Gasteiger partial charge in [0.1, 0.15) is 5.41 Å². The monoisotopic (exact) mass is 230 g/mol. The average Bonchev–Trinajstić information content (AvgIpc) is 2.77. The highest BCUT2D eigenvalue weighted by Crippen LogP contribution is 2.38. The summed E-state index contributed by atoms with van der Waals surface area (Å²) < 4.78 is 0. The van der Waals surface area contributed by atoms with E-state index in [0.717, 1.165) is 21.6 Å². The van der Waals surface area contributed by atoms with E-state index in [2.05, 4.69) is 12.1 Å². The van der Waals surface area contributed by atoms with Gasteiger partial charge in [0.15, 0.2) is 0 Å². The summed E-state index contributed by atoms with van der Waals surface area (Å²) in [5, 5.41) is 20.9. The molecule has 2 aliphatic carbocycles. The number of nitriles is 2. The van der Waals surface area contributed by atoms with E-state index >= 15 is 0 Å². The Labute approximate surface area is 105 Å². The van der Waals surface area contributed by atoms with Gasteiger partial charge in [-0.2, -0.15) is 10.5 Å². The SMILES string of the molecule is CC1(C#N)C=CC2=c3ccccc3=CC2=C1C#N. The molecule has 0 amide bonds. The van der Waals surface area contributed by atoms with Crippen LogP contribution in [0.3, 0.4) is 0 Å². The molecule has 0 heterocycles. The van der Waals surface area contributed by atoms with Crippen molar-refractivity contribution in [2.24, 2.45) is 5.41 Å². The van der Waals surface area contributed by atoms with Crippen molar-refractivity contribution in [2.45, 2.75) is 6.92 Å². The highest BCUT2D eigenvalue weighted by molar-refractivity contribution is 5.91.